The van der Waals surface area contributed by atoms with Gasteiger partial charge in [-0.2, -0.15) is 0 Å². The van der Waals surface area contributed by atoms with E-state index in [1.165, 1.54) is 109 Å². The molecule has 0 aliphatic carbocycles. The van der Waals surface area contributed by atoms with Crippen LogP contribution in [0.2, 0.25) is 0 Å². The molecule has 0 aromatic carbocycles. The van der Waals surface area contributed by atoms with E-state index in [1.807, 2.05) is 0 Å². The zero-order chi connectivity index (χ0) is 42.5. The van der Waals surface area contributed by atoms with Crippen LogP contribution in [0.1, 0.15) is 219 Å². The van der Waals surface area contributed by atoms with Crippen molar-refractivity contribution >= 4 is 19.8 Å². The van der Waals surface area contributed by atoms with Gasteiger partial charge in [0.15, 0.2) is 6.10 Å². The number of hydrogen-bond donors (Lipinski definition) is 2. The summed E-state index contributed by atoms with van der Waals surface area (Å²) in [6.07, 6.45) is 56.6. The molecule has 0 bridgehead atoms. The first kappa shape index (κ1) is 55.8. The largest absolute Gasteiger partial charge is 0.469 e. The molecule has 0 amide bonds. The fraction of sp³-hybridized carbons (Fsp3) is 0.755. The summed E-state index contributed by atoms with van der Waals surface area (Å²) in [7, 11) is -4.77. The van der Waals surface area contributed by atoms with Crippen molar-refractivity contribution in [3.05, 3.63) is 60.8 Å². The standard InChI is InChI=1S/C49H87O8P/c1-3-5-7-9-11-13-15-17-19-21-23-24-26-28-30-32-34-36-38-40-42-44-49(51)57-47(46-56-58(52,53)54)45-55-48(50)43-41-39-37-35-33-31-29-27-25-22-20-18-16-14-12-10-8-6-4-2/h6,8,12,14,18,20,25,27,31,33,47H,3-5,7,9-11,13,15-17,19,21-24,26,28-30,32,34-46H2,1-2H3,(H2,52,53,54)/b8-6+,14-12+,20-18+,27-25+,33-31+/t47-/m1/s1. The summed E-state index contributed by atoms with van der Waals surface area (Å²) >= 11 is 0. The Balaban J connectivity index is 3.90. The zero-order valence-corrected chi connectivity index (χ0v) is 38.1. The fourth-order valence-electron chi connectivity index (χ4n) is 6.58. The Labute approximate surface area is 356 Å². The van der Waals surface area contributed by atoms with Crippen LogP contribution >= 0.6 is 7.82 Å². The van der Waals surface area contributed by atoms with Crippen LogP contribution in [-0.4, -0.2) is 41.0 Å². The average Bonchev–Trinajstić information content (AvgIpc) is 3.20. The van der Waals surface area contributed by atoms with Gasteiger partial charge < -0.3 is 19.3 Å². The van der Waals surface area contributed by atoms with Crippen LogP contribution in [0.4, 0.5) is 0 Å². The van der Waals surface area contributed by atoms with E-state index < -0.39 is 32.5 Å². The van der Waals surface area contributed by atoms with Crippen LogP contribution in [0.5, 0.6) is 0 Å². The highest BCUT2D eigenvalue weighted by atomic mass is 31.2. The van der Waals surface area contributed by atoms with Crippen LogP contribution in [-0.2, 0) is 28.2 Å². The zero-order valence-electron chi connectivity index (χ0n) is 37.2. The topological polar surface area (TPSA) is 119 Å². The Hall–Kier alpha value is -2.25. The van der Waals surface area contributed by atoms with E-state index in [4.69, 9.17) is 19.3 Å². The summed E-state index contributed by atoms with van der Waals surface area (Å²) in [5.74, 6) is -0.917. The fourth-order valence-corrected chi connectivity index (χ4v) is 6.94. The molecule has 1 atom stereocenters. The van der Waals surface area contributed by atoms with E-state index in [0.717, 1.165) is 70.6 Å². The number of rotatable bonds is 43. The number of carbonyl (C=O) groups is 2. The maximum absolute atomic E-state index is 12.5. The molecule has 0 saturated carbocycles. The van der Waals surface area contributed by atoms with Crippen LogP contribution in [0.3, 0.4) is 0 Å². The van der Waals surface area contributed by atoms with Gasteiger partial charge in [-0.25, -0.2) is 4.57 Å². The van der Waals surface area contributed by atoms with Gasteiger partial charge in [-0.1, -0.05) is 209 Å². The van der Waals surface area contributed by atoms with Gasteiger partial charge in [0, 0.05) is 12.8 Å². The molecule has 0 rings (SSSR count). The Kier molecular flexibility index (Phi) is 42.6. The Morgan fingerprint density at radius 3 is 1.24 bits per heavy atom. The molecule has 0 aromatic rings. The van der Waals surface area contributed by atoms with Crippen molar-refractivity contribution in [2.75, 3.05) is 13.2 Å². The third-order valence-corrected chi connectivity index (χ3v) is 10.5. The molecule has 58 heavy (non-hydrogen) atoms. The molecule has 0 fully saturated rings. The van der Waals surface area contributed by atoms with Gasteiger partial charge in [0.25, 0.3) is 0 Å². The van der Waals surface area contributed by atoms with Crippen molar-refractivity contribution < 1.29 is 37.9 Å². The first-order chi connectivity index (χ1) is 28.3. The van der Waals surface area contributed by atoms with E-state index in [0.29, 0.717) is 12.8 Å². The van der Waals surface area contributed by atoms with Gasteiger partial charge in [0.1, 0.15) is 6.61 Å². The van der Waals surface area contributed by atoms with Crippen molar-refractivity contribution in [3.8, 4) is 0 Å². The van der Waals surface area contributed by atoms with Crippen molar-refractivity contribution in [1.82, 2.24) is 0 Å². The summed E-state index contributed by atoms with van der Waals surface area (Å²) in [5.41, 5.74) is 0. The summed E-state index contributed by atoms with van der Waals surface area (Å²) < 4.78 is 26.5. The summed E-state index contributed by atoms with van der Waals surface area (Å²) in [6.45, 7) is 3.57. The van der Waals surface area contributed by atoms with Crippen molar-refractivity contribution in [2.45, 2.75) is 225 Å². The highest BCUT2D eigenvalue weighted by Crippen LogP contribution is 2.36. The number of allylic oxidation sites excluding steroid dienone is 10. The minimum atomic E-state index is -4.77. The molecule has 0 aromatic heterocycles. The number of ether oxygens (including phenoxy) is 2. The first-order valence-electron chi connectivity index (χ1n) is 23.6. The van der Waals surface area contributed by atoms with Crippen LogP contribution in [0, 0.1) is 0 Å². The molecule has 0 radical (unpaired) electrons. The molecule has 0 spiro atoms. The normalized spacial score (nSPS) is 13.0. The third-order valence-electron chi connectivity index (χ3n) is 10.1. The molecule has 0 unspecified atom stereocenters. The molecule has 0 aliphatic heterocycles. The second-order valence-electron chi connectivity index (χ2n) is 15.7. The lowest BCUT2D eigenvalue weighted by molar-refractivity contribution is -0.161. The van der Waals surface area contributed by atoms with Crippen LogP contribution in [0.25, 0.3) is 0 Å². The maximum Gasteiger partial charge on any atom is 0.469 e. The molecular formula is C49H87O8P. The van der Waals surface area contributed by atoms with Crippen LogP contribution < -0.4 is 0 Å². The molecule has 8 nitrogen and oxygen atoms in total. The molecule has 336 valence electrons. The molecule has 2 N–H and O–H groups in total. The quantitative estimate of drug-likeness (QED) is 0.0270. The van der Waals surface area contributed by atoms with Gasteiger partial charge >= 0.3 is 19.8 Å². The summed E-state index contributed by atoms with van der Waals surface area (Å²) in [6, 6.07) is 0. The van der Waals surface area contributed by atoms with Gasteiger partial charge in [0.05, 0.1) is 6.61 Å². The van der Waals surface area contributed by atoms with Crippen molar-refractivity contribution in [3.63, 3.8) is 0 Å². The Morgan fingerprint density at radius 1 is 0.466 bits per heavy atom. The molecule has 0 aliphatic rings. The number of phosphoric ester groups is 1. The van der Waals surface area contributed by atoms with E-state index in [-0.39, 0.29) is 19.4 Å². The van der Waals surface area contributed by atoms with Crippen molar-refractivity contribution in [1.29, 1.82) is 0 Å². The number of hydrogen-bond acceptors (Lipinski definition) is 6. The smallest absolute Gasteiger partial charge is 0.462 e. The molecular weight excluding hydrogens is 748 g/mol. The number of unbranched alkanes of at least 4 members (excludes halogenated alkanes) is 23. The predicted octanol–water partition coefficient (Wildman–Crippen LogP) is 14.9. The highest BCUT2D eigenvalue weighted by molar-refractivity contribution is 7.46. The summed E-state index contributed by atoms with van der Waals surface area (Å²) in [4.78, 5) is 43.0. The number of carbonyl (C=O) groups excluding carboxylic acids is 2. The van der Waals surface area contributed by atoms with E-state index in [9.17, 15) is 14.2 Å². The monoisotopic (exact) mass is 835 g/mol. The lowest BCUT2D eigenvalue weighted by atomic mass is 10.0. The third kappa shape index (κ3) is 46.4. The highest BCUT2D eigenvalue weighted by Gasteiger charge is 2.22. The minimum absolute atomic E-state index is 0.206. The second-order valence-corrected chi connectivity index (χ2v) is 16.9. The second kappa shape index (κ2) is 44.3. The van der Waals surface area contributed by atoms with E-state index in [1.54, 1.807) is 0 Å². The summed E-state index contributed by atoms with van der Waals surface area (Å²) in [5, 5.41) is 0. The molecule has 0 heterocycles. The Bertz CT molecular complexity index is 1120. The molecule has 0 saturated heterocycles. The van der Waals surface area contributed by atoms with E-state index in [2.05, 4.69) is 79.1 Å². The van der Waals surface area contributed by atoms with Crippen molar-refractivity contribution in [2.24, 2.45) is 0 Å². The molecule has 9 heteroatoms. The Morgan fingerprint density at radius 2 is 0.828 bits per heavy atom. The minimum Gasteiger partial charge on any atom is -0.462 e. The lowest BCUT2D eigenvalue weighted by Crippen LogP contribution is -2.29. The van der Waals surface area contributed by atoms with Gasteiger partial charge in [-0.3, -0.25) is 14.1 Å². The van der Waals surface area contributed by atoms with Crippen LogP contribution in [0.15, 0.2) is 60.8 Å². The first-order valence-corrected chi connectivity index (χ1v) is 25.1. The van der Waals surface area contributed by atoms with Gasteiger partial charge in [0.2, 0.25) is 0 Å². The maximum atomic E-state index is 12.5. The lowest BCUT2D eigenvalue weighted by Gasteiger charge is -2.18. The SMILES string of the molecule is CC/C=C/C/C=C/C/C=C/C/C=C/C/C=C/CCCCCC(=O)OC[C@H](COP(=O)(O)O)OC(=O)CCCCCCCCCCCCCCCCCCCCCCC. The average molecular weight is 835 g/mol. The number of esters is 2. The predicted molar refractivity (Wildman–Crippen MR) is 244 cm³/mol. The number of phosphoric acid groups is 1. The van der Waals surface area contributed by atoms with E-state index >= 15 is 0 Å². The van der Waals surface area contributed by atoms with Gasteiger partial charge in [-0.15, -0.1) is 0 Å². The van der Waals surface area contributed by atoms with Gasteiger partial charge in [-0.05, 0) is 57.8 Å².